The lowest BCUT2D eigenvalue weighted by atomic mass is 9.88. The number of benzene rings is 1. The minimum absolute atomic E-state index is 0.0425. The van der Waals surface area contributed by atoms with Crippen molar-refractivity contribution in [3.8, 4) is 11.5 Å². The van der Waals surface area contributed by atoms with Gasteiger partial charge in [-0.05, 0) is 6.07 Å². The molecule has 1 aromatic rings. The summed E-state index contributed by atoms with van der Waals surface area (Å²) in [5.74, 6) is -1.41. The number of hydrogen-bond acceptors (Lipinski definition) is 5. The van der Waals surface area contributed by atoms with Gasteiger partial charge >= 0.3 is 5.97 Å². The van der Waals surface area contributed by atoms with Gasteiger partial charge in [0.1, 0.15) is 0 Å². The van der Waals surface area contributed by atoms with E-state index in [0.29, 0.717) is 17.1 Å². The first-order valence-electron chi connectivity index (χ1n) is 6.68. The summed E-state index contributed by atoms with van der Waals surface area (Å²) in [5.41, 5.74) is 0.639. The number of carboxylic acid groups (broad SMARTS) is 1. The molecule has 1 fully saturated rings. The molecular weight excluding hydrogens is 310 g/mol. The summed E-state index contributed by atoms with van der Waals surface area (Å²) >= 11 is 0. The largest absolute Gasteiger partial charge is 0.493 e. The second-order valence-electron chi connectivity index (χ2n) is 5.21. The maximum Gasteiger partial charge on any atom is 0.308 e. The molecule has 1 aliphatic heterocycles. The van der Waals surface area contributed by atoms with Crippen molar-refractivity contribution in [3.05, 3.63) is 23.8 Å². The van der Waals surface area contributed by atoms with Gasteiger partial charge in [-0.1, -0.05) is 12.1 Å². The molecule has 1 saturated heterocycles. The van der Waals surface area contributed by atoms with Gasteiger partial charge in [-0.2, -0.15) is 0 Å². The van der Waals surface area contributed by atoms with Crippen LogP contribution in [0.2, 0.25) is 0 Å². The first-order chi connectivity index (χ1) is 10.3. The molecule has 1 aliphatic rings. The van der Waals surface area contributed by atoms with Gasteiger partial charge in [-0.15, -0.1) is 0 Å². The molecule has 0 spiro atoms. The first-order valence-corrected chi connectivity index (χ1v) is 8.53. The van der Waals surface area contributed by atoms with E-state index in [0.717, 1.165) is 6.26 Å². The van der Waals surface area contributed by atoms with E-state index in [2.05, 4.69) is 0 Å². The number of nitrogens with zero attached hydrogens (tertiary/aromatic N) is 1. The number of aliphatic carboxylic acids is 1. The van der Waals surface area contributed by atoms with Crippen LogP contribution in [0, 0.1) is 5.92 Å². The Hall–Kier alpha value is -1.80. The highest BCUT2D eigenvalue weighted by Gasteiger charge is 2.43. The van der Waals surface area contributed by atoms with Crippen LogP contribution in [0.3, 0.4) is 0 Å². The molecule has 0 bridgehead atoms. The van der Waals surface area contributed by atoms with Crippen molar-refractivity contribution in [2.45, 2.75) is 5.92 Å². The van der Waals surface area contributed by atoms with Gasteiger partial charge in [0.15, 0.2) is 11.5 Å². The smallest absolute Gasteiger partial charge is 0.308 e. The lowest BCUT2D eigenvalue weighted by Gasteiger charge is -2.19. The van der Waals surface area contributed by atoms with Crippen molar-refractivity contribution in [1.29, 1.82) is 0 Å². The summed E-state index contributed by atoms with van der Waals surface area (Å²) in [6.07, 6.45) is 1.08. The molecule has 0 amide bonds. The molecule has 2 rings (SSSR count). The number of rotatable bonds is 5. The zero-order chi connectivity index (χ0) is 16.5. The minimum Gasteiger partial charge on any atom is -0.493 e. The average Bonchev–Trinajstić information content (AvgIpc) is 2.91. The van der Waals surface area contributed by atoms with E-state index in [9.17, 15) is 18.3 Å². The Labute approximate surface area is 129 Å². The van der Waals surface area contributed by atoms with Crippen molar-refractivity contribution >= 4 is 16.0 Å². The Morgan fingerprint density at radius 2 is 1.95 bits per heavy atom. The molecule has 1 heterocycles. The maximum absolute atomic E-state index is 11.7. The standard InChI is InChI=1S/C14H19NO6S/c1-20-12-6-4-5-9(13(12)21-2)10-7-15(22(3,18)19)8-11(10)14(16)17/h4-6,10-11H,7-8H2,1-3H3,(H,16,17)/t10-,11+/m0/s1. The summed E-state index contributed by atoms with van der Waals surface area (Å²) in [4.78, 5) is 11.5. The highest BCUT2D eigenvalue weighted by molar-refractivity contribution is 7.88. The zero-order valence-corrected chi connectivity index (χ0v) is 13.5. The summed E-state index contributed by atoms with van der Waals surface area (Å²) in [7, 11) is -0.481. The maximum atomic E-state index is 11.7. The van der Waals surface area contributed by atoms with Crippen molar-refractivity contribution in [2.75, 3.05) is 33.6 Å². The molecular formula is C14H19NO6S. The molecule has 0 aromatic heterocycles. The van der Waals surface area contributed by atoms with Gasteiger partial charge in [-0.3, -0.25) is 4.79 Å². The summed E-state index contributed by atoms with van der Waals surface area (Å²) in [5, 5.41) is 9.43. The van der Waals surface area contributed by atoms with Crippen LogP contribution in [0.1, 0.15) is 11.5 Å². The number of carboxylic acids is 1. The third kappa shape index (κ3) is 3.02. The monoisotopic (exact) mass is 329 g/mol. The summed E-state index contributed by atoms with van der Waals surface area (Å²) < 4.78 is 35.2. The van der Waals surface area contributed by atoms with Gasteiger partial charge in [0, 0.05) is 24.6 Å². The molecule has 0 aliphatic carbocycles. The molecule has 0 radical (unpaired) electrons. The summed E-state index contributed by atoms with van der Waals surface area (Å²) in [6, 6.07) is 5.19. The third-order valence-electron chi connectivity index (χ3n) is 3.91. The molecule has 1 N–H and O–H groups in total. The predicted molar refractivity (Wildman–Crippen MR) is 79.8 cm³/mol. The fourth-order valence-corrected chi connectivity index (χ4v) is 3.67. The van der Waals surface area contributed by atoms with Crippen molar-refractivity contribution in [2.24, 2.45) is 5.92 Å². The topological polar surface area (TPSA) is 93.1 Å². The molecule has 0 saturated carbocycles. The van der Waals surface area contributed by atoms with Gasteiger partial charge in [0.2, 0.25) is 10.0 Å². The highest BCUT2D eigenvalue weighted by atomic mass is 32.2. The van der Waals surface area contributed by atoms with Crippen LogP contribution >= 0.6 is 0 Å². The second kappa shape index (κ2) is 6.13. The fraction of sp³-hybridized carbons (Fsp3) is 0.500. The molecule has 22 heavy (non-hydrogen) atoms. The summed E-state index contributed by atoms with van der Waals surface area (Å²) in [6.45, 7) is 0.0680. The number of para-hydroxylation sites is 1. The Balaban J connectivity index is 2.48. The van der Waals surface area contributed by atoms with Gasteiger partial charge in [0.05, 0.1) is 26.4 Å². The number of methoxy groups -OCH3 is 2. The Kier molecular flexibility index (Phi) is 4.62. The predicted octanol–water partition coefficient (Wildman–Crippen LogP) is 0.763. The van der Waals surface area contributed by atoms with Crippen LogP contribution in [0.25, 0.3) is 0 Å². The van der Waals surface area contributed by atoms with E-state index < -0.39 is 27.8 Å². The van der Waals surface area contributed by atoms with E-state index in [1.54, 1.807) is 18.2 Å². The fourth-order valence-electron chi connectivity index (χ4n) is 2.81. The second-order valence-corrected chi connectivity index (χ2v) is 7.20. The zero-order valence-electron chi connectivity index (χ0n) is 12.6. The van der Waals surface area contributed by atoms with Gasteiger partial charge < -0.3 is 14.6 Å². The van der Waals surface area contributed by atoms with Crippen LogP contribution in [0.5, 0.6) is 11.5 Å². The normalized spacial score (nSPS) is 22.5. The molecule has 7 nitrogen and oxygen atoms in total. The number of carbonyl (C=O) groups is 1. The van der Waals surface area contributed by atoms with Gasteiger partial charge in [-0.25, -0.2) is 12.7 Å². The highest BCUT2D eigenvalue weighted by Crippen LogP contribution is 2.42. The molecule has 0 unspecified atom stereocenters. The van der Waals surface area contributed by atoms with Crippen LogP contribution in [-0.2, 0) is 14.8 Å². The third-order valence-corrected chi connectivity index (χ3v) is 5.14. The van der Waals surface area contributed by atoms with Crippen molar-refractivity contribution < 1.29 is 27.8 Å². The van der Waals surface area contributed by atoms with Crippen LogP contribution in [0.15, 0.2) is 18.2 Å². The number of hydrogen-bond donors (Lipinski definition) is 1. The Bertz CT molecular complexity index is 672. The van der Waals surface area contributed by atoms with Crippen molar-refractivity contribution in [1.82, 2.24) is 4.31 Å². The van der Waals surface area contributed by atoms with Gasteiger partial charge in [0.25, 0.3) is 0 Å². The number of ether oxygens (including phenoxy) is 2. The molecule has 2 atom stereocenters. The van der Waals surface area contributed by atoms with Crippen LogP contribution in [0.4, 0.5) is 0 Å². The Morgan fingerprint density at radius 1 is 1.27 bits per heavy atom. The average molecular weight is 329 g/mol. The van der Waals surface area contributed by atoms with E-state index >= 15 is 0 Å². The lowest BCUT2D eigenvalue weighted by Crippen LogP contribution is -2.28. The first kappa shape index (κ1) is 16.6. The van der Waals surface area contributed by atoms with Crippen LogP contribution in [-0.4, -0.2) is 57.4 Å². The SMILES string of the molecule is COc1cccc([C@@H]2CN(S(C)(=O)=O)C[C@H]2C(=O)O)c1OC. The Morgan fingerprint density at radius 3 is 2.45 bits per heavy atom. The van der Waals surface area contributed by atoms with E-state index in [1.165, 1.54) is 18.5 Å². The minimum atomic E-state index is -3.45. The molecule has 122 valence electrons. The lowest BCUT2D eigenvalue weighted by molar-refractivity contribution is -0.141. The van der Waals surface area contributed by atoms with E-state index in [4.69, 9.17) is 9.47 Å². The molecule has 8 heteroatoms. The van der Waals surface area contributed by atoms with E-state index in [-0.39, 0.29) is 13.1 Å². The van der Waals surface area contributed by atoms with Crippen LogP contribution < -0.4 is 9.47 Å². The quantitative estimate of drug-likeness (QED) is 0.857. The van der Waals surface area contributed by atoms with E-state index in [1.807, 2.05) is 0 Å². The number of sulfonamides is 1. The van der Waals surface area contributed by atoms with Crippen molar-refractivity contribution in [3.63, 3.8) is 0 Å². The molecule has 1 aromatic carbocycles.